The molecule has 5 nitrogen and oxygen atoms in total. The maximum Gasteiger partial charge on any atom is 0.303 e. The van der Waals surface area contributed by atoms with Gasteiger partial charge in [0.2, 0.25) is 0 Å². The molecule has 0 radical (unpaired) electrons. The van der Waals surface area contributed by atoms with Gasteiger partial charge in [-0.2, -0.15) is 0 Å². The molecule has 0 aliphatic heterocycles. The van der Waals surface area contributed by atoms with Crippen LogP contribution in [0.5, 0.6) is 0 Å². The summed E-state index contributed by atoms with van der Waals surface area (Å²) in [5.74, 6) is 0.302. The van der Waals surface area contributed by atoms with Crippen molar-refractivity contribution < 1.29 is 9.90 Å². The minimum atomic E-state index is -0.744. The normalized spacial score (nSPS) is 18.7. The van der Waals surface area contributed by atoms with Crippen LogP contribution in [0, 0.1) is 5.92 Å². The fourth-order valence-corrected chi connectivity index (χ4v) is 2.76. The lowest BCUT2D eigenvalue weighted by Crippen LogP contribution is -2.17. The number of hydrogen-bond donors (Lipinski definition) is 1. The second kappa shape index (κ2) is 5.98. The van der Waals surface area contributed by atoms with Crippen LogP contribution in [0.15, 0.2) is 6.33 Å². The number of rotatable bonds is 5. The van der Waals surface area contributed by atoms with Crippen LogP contribution in [0.2, 0.25) is 0 Å². The summed E-state index contributed by atoms with van der Waals surface area (Å²) in [6.07, 6.45) is 8.94. The second-order valence-electron chi connectivity index (χ2n) is 5.35. The van der Waals surface area contributed by atoms with Gasteiger partial charge >= 0.3 is 5.97 Å². The molecule has 1 heterocycles. The summed E-state index contributed by atoms with van der Waals surface area (Å²) < 4.78 is 2.16. The average Bonchev–Trinajstić information content (AvgIpc) is 2.77. The SMILES string of the molecule is CC(CC(=O)O)Cc1nncn1C1CCCCC1. The molecule has 0 aromatic carbocycles. The third kappa shape index (κ3) is 3.31. The van der Waals surface area contributed by atoms with E-state index in [2.05, 4.69) is 14.8 Å². The van der Waals surface area contributed by atoms with Crippen molar-refractivity contribution in [2.45, 2.75) is 57.9 Å². The lowest BCUT2D eigenvalue weighted by atomic mass is 9.95. The van der Waals surface area contributed by atoms with Crippen molar-refractivity contribution >= 4 is 5.97 Å². The van der Waals surface area contributed by atoms with E-state index in [4.69, 9.17) is 5.11 Å². The molecule has 0 saturated heterocycles. The number of aliphatic carboxylic acids is 1. The summed E-state index contributed by atoms with van der Waals surface area (Å²) in [6, 6.07) is 0.515. The van der Waals surface area contributed by atoms with E-state index in [1.165, 1.54) is 32.1 Å². The van der Waals surface area contributed by atoms with Crippen molar-refractivity contribution in [1.29, 1.82) is 0 Å². The van der Waals surface area contributed by atoms with Gasteiger partial charge in [0, 0.05) is 18.9 Å². The van der Waals surface area contributed by atoms with E-state index in [9.17, 15) is 4.79 Å². The van der Waals surface area contributed by atoms with E-state index < -0.39 is 5.97 Å². The van der Waals surface area contributed by atoms with Crippen LogP contribution in [0.1, 0.15) is 57.3 Å². The molecule has 2 rings (SSSR count). The zero-order chi connectivity index (χ0) is 13.0. The zero-order valence-corrected chi connectivity index (χ0v) is 10.9. The van der Waals surface area contributed by atoms with Gasteiger partial charge in [-0.05, 0) is 18.8 Å². The Kier molecular flexibility index (Phi) is 4.33. The van der Waals surface area contributed by atoms with Crippen molar-refractivity contribution in [2.24, 2.45) is 5.92 Å². The first-order chi connectivity index (χ1) is 8.66. The van der Waals surface area contributed by atoms with Gasteiger partial charge in [0.15, 0.2) is 0 Å². The molecule has 0 spiro atoms. The summed E-state index contributed by atoms with van der Waals surface area (Å²) in [7, 11) is 0. The standard InChI is InChI=1S/C13H21N3O2/c1-10(8-13(17)18)7-12-15-14-9-16(12)11-5-3-2-4-6-11/h9-11H,2-8H2,1H3,(H,17,18). The summed E-state index contributed by atoms with van der Waals surface area (Å²) in [5, 5.41) is 16.9. The Morgan fingerprint density at radius 2 is 2.22 bits per heavy atom. The smallest absolute Gasteiger partial charge is 0.303 e. The molecule has 1 aromatic rings. The Morgan fingerprint density at radius 1 is 1.50 bits per heavy atom. The van der Waals surface area contributed by atoms with E-state index in [-0.39, 0.29) is 12.3 Å². The largest absolute Gasteiger partial charge is 0.481 e. The maximum atomic E-state index is 10.7. The highest BCUT2D eigenvalue weighted by Gasteiger charge is 2.20. The zero-order valence-electron chi connectivity index (χ0n) is 10.9. The minimum Gasteiger partial charge on any atom is -0.481 e. The van der Waals surface area contributed by atoms with Gasteiger partial charge in [0.1, 0.15) is 12.2 Å². The first-order valence-electron chi connectivity index (χ1n) is 6.77. The van der Waals surface area contributed by atoms with Gasteiger partial charge in [-0.3, -0.25) is 4.79 Å². The fraction of sp³-hybridized carbons (Fsp3) is 0.769. The monoisotopic (exact) mass is 251 g/mol. The molecule has 1 unspecified atom stereocenters. The number of nitrogens with zero attached hydrogens (tertiary/aromatic N) is 3. The maximum absolute atomic E-state index is 10.7. The number of aromatic nitrogens is 3. The van der Waals surface area contributed by atoms with E-state index in [0.717, 1.165) is 5.82 Å². The van der Waals surface area contributed by atoms with Crippen LogP contribution >= 0.6 is 0 Å². The van der Waals surface area contributed by atoms with E-state index in [1.54, 1.807) is 6.33 Å². The van der Waals surface area contributed by atoms with E-state index in [0.29, 0.717) is 12.5 Å². The highest BCUT2D eigenvalue weighted by Crippen LogP contribution is 2.29. The Bertz CT molecular complexity index is 397. The lowest BCUT2D eigenvalue weighted by molar-refractivity contribution is -0.137. The predicted octanol–water partition coefficient (Wildman–Crippen LogP) is 2.44. The van der Waals surface area contributed by atoms with Crippen LogP contribution in [-0.4, -0.2) is 25.8 Å². The molecular weight excluding hydrogens is 230 g/mol. The van der Waals surface area contributed by atoms with E-state index >= 15 is 0 Å². The molecule has 1 N–H and O–H groups in total. The Labute approximate surface area is 107 Å². The molecule has 0 amide bonds. The third-order valence-electron chi connectivity index (χ3n) is 3.67. The van der Waals surface area contributed by atoms with E-state index in [1.807, 2.05) is 6.92 Å². The number of hydrogen-bond acceptors (Lipinski definition) is 3. The molecule has 1 aliphatic rings. The molecule has 18 heavy (non-hydrogen) atoms. The highest BCUT2D eigenvalue weighted by molar-refractivity contribution is 5.66. The van der Waals surface area contributed by atoms with Crippen LogP contribution in [0.25, 0.3) is 0 Å². The van der Waals surface area contributed by atoms with Crippen molar-refractivity contribution in [2.75, 3.05) is 0 Å². The van der Waals surface area contributed by atoms with Crippen LogP contribution in [0.4, 0.5) is 0 Å². The number of carboxylic acids is 1. The van der Waals surface area contributed by atoms with Gasteiger partial charge < -0.3 is 9.67 Å². The van der Waals surface area contributed by atoms with Crippen molar-refractivity contribution in [1.82, 2.24) is 14.8 Å². The third-order valence-corrected chi connectivity index (χ3v) is 3.67. The predicted molar refractivity (Wildman–Crippen MR) is 67.3 cm³/mol. The molecule has 1 saturated carbocycles. The summed E-state index contributed by atoms with van der Waals surface area (Å²) >= 11 is 0. The molecular formula is C13H21N3O2. The summed E-state index contributed by atoms with van der Waals surface area (Å²) in [6.45, 7) is 1.95. The minimum absolute atomic E-state index is 0.106. The van der Waals surface area contributed by atoms with Gasteiger partial charge in [0.25, 0.3) is 0 Å². The fourth-order valence-electron chi connectivity index (χ4n) is 2.76. The molecule has 0 bridgehead atoms. The molecule has 1 fully saturated rings. The van der Waals surface area contributed by atoms with Gasteiger partial charge in [-0.25, -0.2) is 0 Å². The van der Waals surface area contributed by atoms with Crippen molar-refractivity contribution in [3.05, 3.63) is 12.2 Å². The molecule has 100 valence electrons. The average molecular weight is 251 g/mol. The Morgan fingerprint density at radius 3 is 2.89 bits per heavy atom. The van der Waals surface area contributed by atoms with Crippen LogP contribution in [-0.2, 0) is 11.2 Å². The number of carboxylic acid groups (broad SMARTS) is 1. The topological polar surface area (TPSA) is 68.0 Å². The quantitative estimate of drug-likeness (QED) is 0.872. The highest BCUT2D eigenvalue weighted by atomic mass is 16.4. The van der Waals surface area contributed by atoms with Crippen molar-refractivity contribution in [3.8, 4) is 0 Å². The summed E-state index contributed by atoms with van der Waals surface area (Å²) in [4.78, 5) is 10.7. The van der Waals surface area contributed by atoms with Gasteiger partial charge in [-0.15, -0.1) is 10.2 Å². The molecule has 1 aromatic heterocycles. The van der Waals surface area contributed by atoms with Crippen LogP contribution < -0.4 is 0 Å². The first-order valence-corrected chi connectivity index (χ1v) is 6.77. The first kappa shape index (κ1) is 13.1. The Balaban J connectivity index is 2.00. The second-order valence-corrected chi connectivity index (χ2v) is 5.35. The lowest BCUT2D eigenvalue weighted by Gasteiger charge is -2.24. The molecule has 1 atom stereocenters. The van der Waals surface area contributed by atoms with Gasteiger partial charge in [0.05, 0.1) is 0 Å². The molecule has 1 aliphatic carbocycles. The summed E-state index contributed by atoms with van der Waals surface area (Å²) in [5.41, 5.74) is 0. The van der Waals surface area contributed by atoms with Crippen LogP contribution in [0.3, 0.4) is 0 Å². The van der Waals surface area contributed by atoms with Gasteiger partial charge in [-0.1, -0.05) is 26.2 Å². The molecule has 5 heteroatoms. The van der Waals surface area contributed by atoms with Crippen molar-refractivity contribution in [3.63, 3.8) is 0 Å². The number of carbonyl (C=O) groups is 1. The Hall–Kier alpha value is -1.39.